The minimum Gasteiger partial charge on any atom is -0.497 e. The van der Waals surface area contributed by atoms with Gasteiger partial charge in [0.05, 0.1) is 21.3 Å². The fourth-order valence-electron chi connectivity index (χ4n) is 3.47. The first-order chi connectivity index (χ1) is 14.1. The van der Waals surface area contributed by atoms with Crippen LogP contribution in [0.4, 0.5) is 5.69 Å². The number of aliphatic hydroxyl groups is 1. The molecule has 1 saturated heterocycles. The second kappa shape index (κ2) is 10.2. The van der Waals surface area contributed by atoms with Crippen LogP contribution < -0.4 is 23.8 Å². The van der Waals surface area contributed by atoms with Crippen LogP contribution in [0.15, 0.2) is 42.5 Å². The van der Waals surface area contributed by atoms with E-state index in [2.05, 4.69) is 21.9 Å². The zero-order valence-electron chi connectivity index (χ0n) is 17.3. The lowest BCUT2D eigenvalue weighted by Gasteiger charge is -2.36. The van der Waals surface area contributed by atoms with Crippen LogP contribution in [-0.4, -0.2) is 76.8 Å². The number of para-hydroxylation sites is 1. The van der Waals surface area contributed by atoms with Crippen molar-refractivity contribution in [1.29, 1.82) is 0 Å². The number of aliphatic hydroxyl groups excluding tert-OH is 1. The molecule has 1 aliphatic rings. The van der Waals surface area contributed by atoms with Gasteiger partial charge in [-0.1, -0.05) is 6.07 Å². The Morgan fingerprint density at radius 1 is 0.862 bits per heavy atom. The predicted molar refractivity (Wildman–Crippen MR) is 113 cm³/mol. The predicted octanol–water partition coefficient (Wildman–Crippen LogP) is 2.27. The summed E-state index contributed by atoms with van der Waals surface area (Å²) < 4.78 is 21.7. The molecule has 1 atom stereocenters. The van der Waals surface area contributed by atoms with E-state index in [1.54, 1.807) is 21.3 Å². The van der Waals surface area contributed by atoms with Gasteiger partial charge in [-0.2, -0.15) is 0 Å². The molecule has 0 saturated carbocycles. The van der Waals surface area contributed by atoms with Gasteiger partial charge in [0.15, 0.2) is 11.5 Å². The molecule has 158 valence electrons. The average molecular weight is 402 g/mol. The van der Waals surface area contributed by atoms with Crippen molar-refractivity contribution in [1.82, 2.24) is 4.90 Å². The van der Waals surface area contributed by atoms with Gasteiger partial charge in [-0.05, 0) is 36.4 Å². The van der Waals surface area contributed by atoms with E-state index in [0.29, 0.717) is 23.8 Å². The van der Waals surface area contributed by atoms with E-state index >= 15 is 0 Å². The molecule has 7 nitrogen and oxygen atoms in total. The minimum absolute atomic E-state index is 0.176. The van der Waals surface area contributed by atoms with E-state index in [1.165, 1.54) is 5.69 Å². The van der Waals surface area contributed by atoms with E-state index in [1.807, 2.05) is 30.3 Å². The molecule has 0 spiro atoms. The largest absolute Gasteiger partial charge is 0.497 e. The third-order valence-corrected chi connectivity index (χ3v) is 5.08. The first kappa shape index (κ1) is 21.1. The van der Waals surface area contributed by atoms with Gasteiger partial charge in [0.25, 0.3) is 0 Å². The molecule has 2 aromatic rings. The van der Waals surface area contributed by atoms with Gasteiger partial charge in [-0.3, -0.25) is 4.90 Å². The molecular weight excluding hydrogens is 372 g/mol. The maximum atomic E-state index is 10.5. The number of hydrogen-bond donors (Lipinski definition) is 1. The third kappa shape index (κ3) is 5.46. The van der Waals surface area contributed by atoms with Gasteiger partial charge in [-0.15, -0.1) is 0 Å². The summed E-state index contributed by atoms with van der Waals surface area (Å²) >= 11 is 0. The smallest absolute Gasteiger partial charge is 0.203 e. The van der Waals surface area contributed by atoms with Gasteiger partial charge in [0.2, 0.25) is 5.75 Å². The molecular formula is C22H30N2O5. The van der Waals surface area contributed by atoms with Crippen molar-refractivity contribution in [2.24, 2.45) is 0 Å². The van der Waals surface area contributed by atoms with Crippen LogP contribution in [-0.2, 0) is 0 Å². The standard InChI is InChI=1S/C22H30N2O5/c1-26-19-9-7-17(8-10-19)24-13-11-23(12-14-24)15-18(25)16-29-22-20(27-2)5-4-6-21(22)28-3/h4-10,18,25H,11-16H2,1-3H3/t18-/m1/s1. The molecule has 1 N–H and O–H groups in total. The summed E-state index contributed by atoms with van der Waals surface area (Å²) in [7, 11) is 4.84. The lowest BCUT2D eigenvalue weighted by Crippen LogP contribution is -2.49. The zero-order valence-corrected chi connectivity index (χ0v) is 17.3. The van der Waals surface area contributed by atoms with Crippen LogP contribution in [0.25, 0.3) is 0 Å². The van der Waals surface area contributed by atoms with E-state index in [4.69, 9.17) is 18.9 Å². The SMILES string of the molecule is COc1ccc(N2CCN(C[C@@H](O)COc3c(OC)cccc3OC)CC2)cc1. The topological polar surface area (TPSA) is 63.6 Å². The summed E-state index contributed by atoms with van der Waals surface area (Å²) in [6, 6.07) is 13.6. The van der Waals surface area contributed by atoms with Crippen LogP contribution in [0, 0.1) is 0 Å². The Bertz CT molecular complexity index is 738. The van der Waals surface area contributed by atoms with Crippen molar-refractivity contribution in [3.8, 4) is 23.0 Å². The molecule has 0 aromatic heterocycles. The molecule has 0 amide bonds. The molecule has 0 bridgehead atoms. The highest BCUT2D eigenvalue weighted by molar-refractivity contribution is 5.51. The Balaban J connectivity index is 1.47. The Morgan fingerprint density at radius 3 is 2.03 bits per heavy atom. The Morgan fingerprint density at radius 2 is 1.48 bits per heavy atom. The van der Waals surface area contributed by atoms with Gasteiger partial charge in [-0.25, -0.2) is 0 Å². The summed E-state index contributed by atoms with van der Waals surface area (Å²) in [5.74, 6) is 2.55. The number of methoxy groups -OCH3 is 3. The first-order valence-electron chi connectivity index (χ1n) is 9.77. The van der Waals surface area contributed by atoms with E-state index in [9.17, 15) is 5.11 Å². The Kier molecular flexibility index (Phi) is 7.43. The lowest BCUT2D eigenvalue weighted by atomic mass is 10.2. The van der Waals surface area contributed by atoms with Gasteiger partial charge in [0.1, 0.15) is 18.5 Å². The molecule has 29 heavy (non-hydrogen) atoms. The first-order valence-corrected chi connectivity index (χ1v) is 9.77. The average Bonchev–Trinajstić information content (AvgIpc) is 2.78. The highest BCUT2D eigenvalue weighted by atomic mass is 16.5. The molecule has 2 aromatic carbocycles. The summed E-state index contributed by atoms with van der Waals surface area (Å²) in [6.45, 7) is 4.35. The fourth-order valence-corrected chi connectivity index (χ4v) is 3.47. The fraction of sp³-hybridized carbons (Fsp3) is 0.455. The molecule has 3 rings (SSSR count). The number of β-amino-alcohol motifs (C(OH)–C–C–N with tert-alkyl or cyclic N) is 1. The van der Waals surface area contributed by atoms with Crippen LogP contribution in [0.1, 0.15) is 0 Å². The number of piperazine rings is 1. The van der Waals surface area contributed by atoms with Crippen LogP contribution >= 0.6 is 0 Å². The quantitative estimate of drug-likeness (QED) is 0.690. The number of nitrogens with zero attached hydrogens (tertiary/aromatic N) is 2. The monoisotopic (exact) mass is 402 g/mol. The van der Waals surface area contributed by atoms with Gasteiger partial charge in [0, 0.05) is 38.4 Å². The number of hydrogen-bond acceptors (Lipinski definition) is 7. The van der Waals surface area contributed by atoms with Crippen LogP contribution in [0.3, 0.4) is 0 Å². The van der Waals surface area contributed by atoms with Crippen LogP contribution in [0.2, 0.25) is 0 Å². The van der Waals surface area contributed by atoms with Crippen molar-refractivity contribution < 1.29 is 24.1 Å². The molecule has 0 unspecified atom stereocenters. The number of benzene rings is 2. The highest BCUT2D eigenvalue weighted by Crippen LogP contribution is 2.36. The minimum atomic E-state index is -0.600. The molecule has 7 heteroatoms. The summed E-state index contributed by atoms with van der Waals surface area (Å²) in [4.78, 5) is 4.60. The number of anilines is 1. The maximum Gasteiger partial charge on any atom is 0.203 e. The third-order valence-electron chi connectivity index (χ3n) is 5.08. The van der Waals surface area contributed by atoms with E-state index < -0.39 is 6.10 Å². The lowest BCUT2D eigenvalue weighted by molar-refractivity contribution is 0.0643. The van der Waals surface area contributed by atoms with Gasteiger partial charge >= 0.3 is 0 Å². The second-order valence-corrected chi connectivity index (χ2v) is 6.94. The molecule has 0 aliphatic carbocycles. The summed E-state index contributed by atoms with van der Waals surface area (Å²) in [6.07, 6.45) is -0.600. The van der Waals surface area contributed by atoms with Gasteiger partial charge < -0.3 is 29.0 Å². The molecule has 1 fully saturated rings. The van der Waals surface area contributed by atoms with Crippen molar-refractivity contribution in [3.63, 3.8) is 0 Å². The van der Waals surface area contributed by atoms with Crippen LogP contribution in [0.5, 0.6) is 23.0 Å². The highest BCUT2D eigenvalue weighted by Gasteiger charge is 2.21. The summed E-state index contributed by atoms with van der Waals surface area (Å²) in [5, 5.41) is 10.5. The maximum absolute atomic E-state index is 10.5. The van der Waals surface area contributed by atoms with Crippen molar-refractivity contribution in [3.05, 3.63) is 42.5 Å². The molecule has 1 aliphatic heterocycles. The Hall–Kier alpha value is -2.64. The summed E-state index contributed by atoms with van der Waals surface area (Å²) in [5.41, 5.74) is 1.19. The zero-order chi connectivity index (χ0) is 20.6. The second-order valence-electron chi connectivity index (χ2n) is 6.94. The van der Waals surface area contributed by atoms with E-state index in [0.717, 1.165) is 31.9 Å². The van der Waals surface area contributed by atoms with Crippen molar-refractivity contribution in [2.75, 3.05) is 65.6 Å². The molecule has 0 radical (unpaired) electrons. The normalized spacial score (nSPS) is 15.7. The molecule has 1 heterocycles. The Labute approximate surface area is 172 Å². The number of ether oxygens (including phenoxy) is 4. The number of rotatable bonds is 9. The van der Waals surface area contributed by atoms with Crippen molar-refractivity contribution in [2.45, 2.75) is 6.10 Å². The van der Waals surface area contributed by atoms with E-state index in [-0.39, 0.29) is 6.61 Å². The van der Waals surface area contributed by atoms with Crippen molar-refractivity contribution >= 4 is 5.69 Å².